The Balaban J connectivity index is 1.89. The van der Waals surface area contributed by atoms with Gasteiger partial charge in [0.1, 0.15) is 0 Å². The van der Waals surface area contributed by atoms with Crippen LogP contribution in [0, 0.1) is 0 Å². The molecule has 0 unspecified atom stereocenters. The zero-order valence-electron chi connectivity index (χ0n) is 14.4. The molecule has 2 aromatic rings. The number of amides is 2. The Bertz CT molecular complexity index is 724. The van der Waals surface area contributed by atoms with E-state index in [0.717, 1.165) is 11.1 Å². The lowest BCUT2D eigenvalue weighted by Crippen LogP contribution is -2.27. The summed E-state index contributed by atoms with van der Waals surface area (Å²) in [6.45, 7) is 0.388. The van der Waals surface area contributed by atoms with Gasteiger partial charge < -0.3 is 15.4 Å². The van der Waals surface area contributed by atoms with E-state index in [-0.39, 0.29) is 17.9 Å². The summed E-state index contributed by atoms with van der Waals surface area (Å²) < 4.78 is 5.42. The number of methoxy groups -OCH3 is 1. The average Bonchev–Trinajstić information content (AvgIpc) is 2.67. The van der Waals surface area contributed by atoms with Gasteiger partial charge in [-0.05, 0) is 29.3 Å². The summed E-state index contributed by atoms with van der Waals surface area (Å²) in [6.07, 6.45) is 2.98. The largest absolute Gasteiger partial charge is 0.375 e. The summed E-state index contributed by atoms with van der Waals surface area (Å²) in [4.78, 5) is 23.5. The Hall–Kier alpha value is -2.92. The topological polar surface area (TPSA) is 67.4 Å². The summed E-state index contributed by atoms with van der Waals surface area (Å²) in [5.41, 5.74) is 2.43. The highest BCUT2D eigenvalue weighted by atomic mass is 16.5. The highest BCUT2D eigenvalue weighted by Crippen LogP contribution is 2.14. The van der Waals surface area contributed by atoms with Crippen LogP contribution in [0.4, 0.5) is 0 Å². The first-order chi connectivity index (χ1) is 12.1. The summed E-state index contributed by atoms with van der Waals surface area (Å²) >= 11 is 0. The molecule has 0 aliphatic heterocycles. The quantitative estimate of drug-likeness (QED) is 0.763. The summed E-state index contributed by atoms with van der Waals surface area (Å²) in [7, 11) is 3.21. The molecular weight excluding hydrogens is 316 g/mol. The fourth-order valence-electron chi connectivity index (χ4n) is 2.32. The number of carbonyl (C=O) groups is 2. The molecule has 0 fully saturated rings. The molecule has 0 spiro atoms. The zero-order valence-corrected chi connectivity index (χ0v) is 14.4. The van der Waals surface area contributed by atoms with E-state index in [1.807, 2.05) is 30.3 Å². The van der Waals surface area contributed by atoms with Gasteiger partial charge in [0.2, 0.25) is 5.91 Å². The van der Waals surface area contributed by atoms with E-state index >= 15 is 0 Å². The van der Waals surface area contributed by atoms with E-state index in [4.69, 9.17) is 4.74 Å². The average molecular weight is 338 g/mol. The van der Waals surface area contributed by atoms with Crippen LogP contribution in [-0.4, -0.2) is 32.5 Å². The summed E-state index contributed by atoms with van der Waals surface area (Å²) in [5, 5.41) is 5.39. The molecule has 0 heterocycles. The molecule has 0 bridgehead atoms. The van der Waals surface area contributed by atoms with Crippen molar-refractivity contribution in [3.05, 3.63) is 77.4 Å². The van der Waals surface area contributed by atoms with Crippen LogP contribution in [0.25, 0.3) is 6.08 Å². The second kappa shape index (κ2) is 9.39. The SMILES string of the molecule is CNC(=O)c1ccc(/C=C\C(=O)NC[C@@H](OC)c2ccccc2)cc1. The van der Waals surface area contributed by atoms with Crippen LogP contribution in [0.15, 0.2) is 60.7 Å². The third-order valence-corrected chi connectivity index (χ3v) is 3.74. The van der Waals surface area contributed by atoms with Crippen LogP contribution >= 0.6 is 0 Å². The maximum Gasteiger partial charge on any atom is 0.251 e. The molecule has 5 nitrogen and oxygen atoms in total. The lowest BCUT2D eigenvalue weighted by molar-refractivity contribution is -0.117. The minimum absolute atomic E-state index is 0.139. The van der Waals surface area contributed by atoms with Crippen molar-refractivity contribution < 1.29 is 14.3 Å². The van der Waals surface area contributed by atoms with Crippen molar-refractivity contribution in [3.8, 4) is 0 Å². The minimum Gasteiger partial charge on any atom is -0.375 e. The molecule has 0 aliphatic carbocycles. The molecule has 25 heavy (non-hydrogen) atoms. The smallest absolute Gasteiger partial charge is 0.251 e. The van der Waals surface area contributed by atoms with Crippen molar-refractivity contribution in [2.45, 2.75) is 6.10 Å². The Labute approximate surface area is 147 Å². The Morgan fingerprint density at radius 2 is 1.76 bits per heavy atom. The van der Waals surface area contributed by atoms with Gasteiger partial charge in [-0.15, -0.1) is 0 Å². The van der Waals surface area contributed by atoms with E-state index < -0.39 is 0 Å². The summed E-state index contributed by atoms with van der Waals surface area (Å²) in [5.74, 6) is -0.340. The fraction of sp³-hybridized carbons (Fsp3) is 0.200. The highest BCUT2D eigenvalue weighted by molar-refractivity contribution is 5.94. The predicted molar refractivity (Wildman–Crippen MR) is 98.1 cm³/mol. The third kappa shape index (κ3) is 5.58. The van der Waals surface area contributed by atoms with Gasteiger partial charge in [-0.25, -0.2) is 0 Å². The van der Waals surface area contributed by atoms with Crippen LogP contribution < -0.4 is 10.6 Å². The van der Waals surface area contributed by atoms with Crippen molar-refractivity contribution in [2.24, 2.45) is 0 Å². The number of ether oxygens (including phenoxy) is 1. The first-order valence-electron chi connectivity index (χ1n) is 8.00. The van der Waals surface area contributed by atoms with Crippen molar-refractivity contribution in [3.63, 3.8) is 0 Å². The van der Waals surface area contributed by atoms with Crippen molar-refractivity contribution in [1.29, 1.82) is 0 Å². The number of carbonyl (C=O) groups excluding carboxylic acids is 2. The van der Waals surface area contributed by atoms with Gasteiger partial charge in [-0.3, -0.25) is 9.59 Å². The molecule has 130 valence electrons. The van der Waals surface area contributed by atoms with Gasteiger partial charge in [0.25, 0.3) is 5.91 Å². The minimum atomic E-state index is -0.201. The maximum atomic E-state index is 12.0. The van der Waals surface area contributed by atoms with Crippen molar-refractivity contribution in [2.75, 3.05) is 20.7 Å². The van der Waals surface area contributed by atoms with Crippen molar-refractivity contribution in [1.82, 2.24) is 10.6 Å². The zero-order chi connectivity index (χ0) is 18.1. The van der Waals surface area contributed by atoms with Crippen LogP contribution in [0.5, 0.6) is 0 Å². The van der Waals surface area contributed by atoms with Crippen LogP contribution in [0.2, 0.25) is 0 Å². The maximum absolute atomic E-state index is 12.0. The standard InChI is InChI=1S/C20H22N2O3/c1-21-20(24)17-11-8-15(9-12-17)10-13-19(23)22-14-18(25-2)16-6-4-3-5-7-16/h3-13,18H,14H2,1-2H3,(H,21,24)(H,22,23)/b13-10-/t18-/m1/s1. The second-order valence-corrected chi connectivity index (χ2v) is 5.41. The predicted octanol–water partition coefficient (Wildman–Crippen LogP) is 2.56. The molecular formula is C20H22N2O3. The first kappa shape index (κ1) is 18.4. The monoisotopic (exact) mass is 338 g/mol. The van der Waals surface area contributed by atoms with Crippen molar-refractivity contribution >= 4 is 17.9 Å². The van der Waals surface area contributed by atoms with E-state index in [1.54, 1.807) is 44.5 Å². The van der Waals surface area contributed by atoms with Gasteiger partial charge in [-0.2, -0.15) is 0 Å². The number of benzene rings is 2. The highest BCUT2D eigenvalue weighted by Gasteiger charge is 2.10. The third-order valence-electron chi connectivity index (χ3n) is 3.74. The molecule has 5 heteroatoms. The number of rotatable bonds is 7. The van der Waals surface area contributed by atoms with Crippen LogP contribution in [0.1, 0.15) is 27.6 Å². The van der Waals surface area contributed by atoms with Gasteiger partial charge in [-0.1, -0.05) is 42.5 Å². The normalized spacial score (nSPS) is 11.9. The molecule has 0 radical (unpaired) electrons. The number of hydrogen-bond donors (Lipinski definition) is 2. The molecule has 0 saturated heterocycles. The Morgan fingerprint density at radius 3 is 2.36 bits per heavy atom. The molecule has 1 atom stereocenters. The Kier molecular flexibility index (Phi) is 6.92. The van der Waals surface area contributed by atoms with E-state index in [9.17, 15) is 9.59 Å². The molecule has 2 rings (SSSR count). The van der Waals surface area contributed by atoms with Gasteiger partial charge in [0.05, 0.1) is 6.10 Å². The molecule has 0 aromatic heterocycles. The molecule has 2 amide bonds. The lowest BCUT2D eigenvalue weighted by Gasteiger charge is -2.15. The second-order valence-electron chi connectivity index (χ2n) is 5.41. The molecule has 2 aromatic carbocycles. The van der Waals surface area contributed by atoms with E-state index in [1.165, 1.54) is 6.08 Å². The Morgan fingerprint density at radius 1 is 1.08 bits per heavy atom. The van der Waals surface area contributed by atoms with Gasteiger partial charge in [0.15, 0.2) is 0 Å². The molecule has 2 N–H and O–H groups in total. The van der Waals surface area contributed by atoms with E-state index in [2.05, 4.69) is 10.6 Å². The molecule has 0 aliphatic rings. The lowest BCUT2D eigenvalue weighted by atomic mass is 10.1. The van der Waals surface area contributed by atoms with Crippen LogP contribution in [0.3, 0.4) is 0 Å². The van der Waals surface area contributed by atoms with Crippen LogP contribution in [-0.2, 0) is 9.53 Å². The number of nitrogens with one attached hydrogen (secondary N) is 2. The molecule has 0 saturated carbocycles. The summed E-state index contributed by atoms with van der Waals surface area (Å²) in [6, 6.07) is 16.7. The van der Waals surface area contributed by atoms with E-state index in [0.29, 0.717) is 12.1 Å². The number of hydrogen-bond acceptors (Lipinski definition) is 3. The van der Waals surface area contributed by atoms with Gasteiger partial charge >= 0.3 is 0 Å². The van der Waals surface area contributed by atoms with Gasteiger partial charge in [0, 0.05) is 32.3 Å². The first-order valence-corrected chi connectivity index (χ1v) is 8.00. The fourth-order valence-corrected chi connectivity index (χ4v) is 2.32.